The van der Waals surface area contributed by atoms with Gasteiger partial charge in [-0.2, -0.15) is 0 Å². The molecule has 0 bridgehead atoms. The first kappa shape index (κ1) is 8.49. The fraction of sp³-hybridized carbons (Fsp3) is 0.857. The summed E-state index contributed by atoms with van der Waals surface area (Å²) in [7, 11) is 0. The van der Waals surface area contributed by atoms with E-state index in [-0.39, 0.29) is 18.7 Å². The van der Waals surface area contributed by atoms with Crippen molar-refractivity contribution < 1.29 is 14.6 Å². The molecule has 0 aromatic rings. The van der Waals surface area contributed by atoms with E-state index in [1.54, 1.807) is 0 Å². The van der Waals surface area contributed by atoms with E-state index >= 15 is 0 Å². The summed E-state index contributed by atoms with van der Waals surface area (Å²) in [6, 6.07) is 0.0801. The number of hydrogen-bond acceptors (Lipinski definition) is 3. The maximum atomic E-state index is 11.2. The molecule has 0 radical (unpaired) electrons. The molecule has 0 aliphatic carbocycles. The van der Waals surface area contributed by atoms with Gasteiger partial charge in [0.1, 0.15) is 6.73 Å². The van der Waals surface area contributed by atoms with Gasteiger partial charge in [-0.25, -0.2) is 0 Å². The zero-order chi connectivity index (χ0) is 8.65. The van der Waals surface area contributed by atoms with E-state index in [4.69, 9.17) is 4.74 Å². The first-order valence-electron chi connectivity index (χ1n) is 3.62. The predicted molar refractivity (Wildman–Crippen MR) is 38.6 cm³/mol. The Morgan fingerprint density at radius 3 is 2.45 bits per heavy atom. The van der Waals surface area contributed by atoms with Gasteiger partial charge in [0.25, 0.3) is 5.91 Å². The van der Waals surface area contributed by atoms with Gasteiger partial charge in [-0.3, -0.25) is 4.79 Å². The van der Waals surface area contributed by atoms with Crippen molar-refractivity contribution in [2.45, 2.75) is 32.6 Å². The summed E-state index contributed by atoms with van der Waals surface area (Å²) < 4.78 is 4.86. The Morgan fingerprint density at radius 1 is 1.73 bits per heavy atom. The molecule has 64 valence electrons. The van der Waals surface area contributed by atoms with Crippen LogP contribution in [0, 0.1) is 0 Å². The van der Waals surface area contributed by atoms with Crippen LogP contribution in [-0.2, 0) is 9.53 Å². The second-order valence-corrected chi connectivity index (χ2v) is 3.13. The third-order valence-corrected chi connectivity index (χ3v) is 1.77. The maximum Gasteiger partial charge on any atom is 0.284 e. The Hall–Kier alpha value is -0.610. The van der Waals surface area contributed by atoms with Crippen LogP contribution in [0.2, 0.25) is 0 Å². The molecule has 0 aromatic carbocycles. The molecule has 1 aliphatic rings. The Kier molecular flexibility index (Phi) is 1.90. The summed E-state index contributed by atoms with van der Waals surface area (Å²) in [5.74, 6) is -1.96. The molecule has 0 aromatic heterocycles. The SMILES string of the molecule is CC(C)N1COC(C)(O)C1=O. The summed E-state index contributed by atoms with van der Waals surface area (Å²) in [5.41, 5.74) is 0. The highest BCUT2D eigenvalue weighted by Gasteiger charge is 2.43. The average molecular weight is 159 g/mol. The maximum absolute atomic E-state index is 11.2. The molecule has 0 spiro atoms. The van der Waals surface area contributed by atoms with Gasteiger partial charge in [0, 0.05) is 6.04 Å². The summed E-state index contributed by atoms with van der Waals surface area (Å²) in [6.45, 7) is 5.30. The van der Waals surface area contributed by atoms with Crippen molar-refractivity contribution in [3.63, 3.8) is 0 Å². The number of rotatable bonds is 1. The number of hydrogen-bond donors (Lipinski definition) is 1. The molecule has 0 saturated carbocycles. The van der Waals surface area contributed by atoms with Crippen LogP contribution in [0.5, 0.6) is 0 Å². The summed E-state index contributed by atoms with van der Waals surface area (Å²) in [4.78, 5) is 12.7. The average Bonchev–Trinajstić information content (AvgIpc) is 2.09. The lowest BCUT2D eigenvalue weighted by Gasteiger charge is -2.19. The molecule has 1 fully saturated rings. The Bertz CT molecular complexity index is 177. The minimum atomic E-state index is -1.61. The van der Waals surface area contributed by atoms with E-state index in [0.717, 1.165) is 0 Å². The molecule has 1 saturated heterocycles. The van der Waals surface area contributed by atoms with Gasteiger partial charge in [-0.15, -0.1) is 0 Å². The molecule has 1 unspecified atom stereocenters. The molecule has 1 atom stereocenters. The van der Waals surface area contributed by atoms with Gasteiger partial charge < -0.3 is 14.7 Å². The second kappa shape index (κ2) is 2.46. The summed E-state index contributed by atoms with van der Waals surface area (Å²) in [5, 5.41) is 9.27. The van der Waals surface area contributed by atoms with Crippen LogP contribution in [0.3, 0.4) is 0 Å². The first-order chi connectivity index (χ1) is 4.95. The summed E-state index contributed by atoms with van der Waals surface area (Å²) >= 11 is 0. The third kappa shape index (κ3) is 1.36. The van der Waals surface area contributed by atoms with Crippen molar-refractivity contribution in [3.05, 3.63) is 0 Å². The second-order valence-electron chi connectivity index (χ2n) is 3.13. The van der Waals surface area contributed by atoms with Gasteiger partial charge >= 0.3 is 0 Å². The highest BCUT2D eigenvalue weighted by Crippen LogP contribution is 2.20. The van der Waals surface area contributed by atoms with Crippen LogP contribution in [0.4, 0.5) is 0 Å². The fourth-order valence-corrected chi connectivity index (χ4v) is 0.966. The standard InChI is InChI=1S/C7H13NO3/c1-5(2)8-4-11-7(3,10)6(8)9/h5,10H,4H2,1-3H3. The van der Waals surface area contributed by atoms with E-state index in [2.05, 4.69) is 0 Å². The first-order valence-corrected chi connectivity index (χ1v) is 3.62. The number of nitrogens with zero attached hydrogens (tertiary/aromatic N) is 1. The van der Waals surface area contributed by atoms with Crippen molar-refractivity contribution in [2.24, 2.45) is 0 Å². The van der Waals surface area contributed by atoms with Crippen molar-refractivity contribution in [1.82, 2.24) is 4.90 Å². The topological polar surface area (TPSA) is 49.8 Å². The molecular weight excluding hydrogens is 146 g/mol. The van der Waals surface area contributed by atoms with Crippen molar-refractivity contribution in [1.29, 1.82) is 0 Å². The highest BCUT2D eigenvalue weighted by atomic mass is 16.7. The molecule has 1 heterocycles. The normalized spacial score (nSPS) is 32.1. The third-order valence-electron chi connectivity index (χ3n) is 1.77. The van der Waals surface area contributed by atoms with Crippen LogP contribution in [-0.4, -0.2) is 34.5 Å². The molecule has 1 rings (SSSR count). The Morgan fingerprint density at radius 2 is 2.27 bits per heavy atom. The van der Waals surface area contributed by atoms with Crippen LogP contribution >= 0.6 is 0 Å². The fourth-order valence-electron chi connectivity index (χ4n) is 0.966. The Balaban J connectivity index is 2.71. The lowest BCUT2D eigenvalue weighted by atomic mass is 10.2. The van der Waals surface area contributed by atoms with Gasteiger partial charge in [0.05, 0.1) is 0 Å². The molecular formula is C7H13NO3. The van der Waals surface area contributed by atoms with Gasteiger partial charge in [0.15, 0.2) is 0 Å². The van der Waals surface area contributed by atoms with Gasteiger partial charge in [-0.05, 0) is 20.8 Å². The molecule has 1 amide bonds. The smallest absolute Gasteiger partial charge is 0.284 e. The number of carbonyl (C=O) groups excluding carboxylic acids is 1. The van der Waals surface area contributed by atoms with Gasteiger partial charge in [-0.1, -0.05) is 0 Å². The van der Waals surface area contributed by atoms with Crippen molar-refractivity contribution in [2.75, 3.05) is 6.73 Å². The van der Waals surface area contributed by atoms with Crippen LogP contribution in [0.15, 0.2) is 0 Å². The van der Waals surface area contributed by atoms with E-state index in [1.807, 2.05) is 13.8 Å². The zero-order valence-electron chi connectivity index (χ0n) is 7.00. The van der Waals surface area contributed by atoms with Crippen LogP contribution < -0.4 is 0 Å². The van der Waals surface area contributed by atoms with Crippen molar-refractivity contribution >= 4 is 5.91 Å². The van der Waals surface area contributed by atoms with Crippen molar-refractivity contribution in [3.8, 4) is 0 Å². The number of amides is 1. The lowest BCUT2D eigenvalue weighted by Crippen LogP contribution is -2.40. The molecule has 4 heteroatoms. The number of carbonyl (C=O) groups is 1. The van der Waals surface area contributed by atoms with E-state index in [0.29, 0.717) is 0 Å². The van der Waals surface area contributed by atoms with Gasteiger partial charge in [0.2, 0.25) is 5.79 Å². The minimum Gasteiger partial charge on any atom is -0.358 e. The van der Waals surface area contributed by atoms with Crippen LogP contribution in [0.25, 0.3) is 0 Å². The lowest BCUT2D eigenvalue weighted by molar-refractivity contribution is -0.174. The quantitative estimate of drug-likeness (QED) is 0.582. The van der Waals surface area contributed by atoms with Crippen LogP contribution in [0.1, 0.15) is 20.8 Å². The van der Waals surface area contributed by atoms with E-state index in [1.165, 1.54) is 11.8 Å². The van der Waals surface area contributed by atoms with E-state index in [9.17, 15) is 9.90 Å². The number of ether oxygens (including phenoxy) is 1. The molecule has 11 heavy (non-hydrogen) atoms. The minimum absolute atomic E-state index is 0.0801. The predicted octanol–water partition coefficient (Wildman–Crippen LogP) is -0.0804. The largest absolute Gasteiger partial charge is 0.358 e. The highest BCUT2D eigenvalue weighted by molar-refractivity contribution is 5.84. The Labute approximate surface area is 65.8 Å². The molecule has 4 nitrogen and oxygen atoms in total. The monoisotopic (exact) mass is 159 g/mol. The zero-order valence-corrected chi connectivity index (χ0v) is 7.00. The molecule has 1 aliphatic heterocycles. The summed E-state index contributed by atoms with van der Waals surface area (Å²) in [6.07, 6.45) is 0. The van der Waals surface area contributed by atoms with E-state index < -0.39 is 5.79 Å². The number of aliphatic hydroxyl groups is 1. The molecule has 1 N–H and O–H groups in total.